The van der Waals surface area contributed by atoms with Gasteiger partial charge in [-0.15, -0.1) is 0 Å². The standard InChI is InChI=1S/C15H23NOS/c1-12(10-11-18(2)17)16-15(14-8-9-14)13-6-4-3-5-7-13/h3-7,12,14-16H,8-11H2,1-2H3. The van der Waals surface area contributed by atoms with Crippen LogP contribution in [0.3, 0.4) is 0 Å². The minimum Gasteiger partial charge on any atom is -0.307 e. The Hall–Kier alpha value is -0.670. The van der Waals surface area contributed by atoms with Crippen LogP contribution >= 0.6 is 0 Å². The van der Waals surface area contributed by atoms with Gasteiger partial charge in [-0.1, -0.05) is 30.3 Å². The van der Waals surface area contributed by atoms with Gasteiger partial charge in [0.05, 0.1) is 0 Å². The zero-order chi connectivity index (χ0) is 13.0. The monoisotopic (exact) mass is 265 g/mol. The van der Waals surface area contributed by atoms with Gasteiger partial charge in [0.15, 0.2) is 0 Å². The summed E-state index contributed by atoms with van der Waals surface area (Å²) in [5, 5.41) is 3.72. The van der Waals surface area contributed by atoms with E-state index in [1.807, 2.05) is 0 Å². The Morgan fingerprint density at radius 2 is 2.00 bits per heavy atom. The summed E-state index contributed by atoms with van der Waals surface area (Å²) in [7, 11) is -0.681. The van der Waals surface area contributed by atoms with Crippen molar-refractivity contribution in [2.24, 2.45) is 5.92 Å². The molecule has 3 heteroatoms. The average molecular weight is 265 g/mol. The molecule has 0 bridgehead atoms. The lowest BCUT2D eigenvalue weighted by Gasteiger charge is -2.23. The molecule has 0 heterocycles. The van der Waals surface area contributed by atoms with Crippen molar-refractivity contribution in [3.05, 3.63) is 35.9 Å². The van der Waals surface area contributed by atoms with Crippen LogP contribution in [0.15, 0.2) is 30.3 Å². The molecule has 1 aromatic rings. The molecule has 1 aliphatic rings. The maximum absolute atomic E-state index is 11.1. The maximum atomic E-state index is 11.1. The van der Waals surface area contributed by atoms with Crippen LogP contribution in [0.1, 0.15) is 37.8 Å². The van der Waals surface area contributed by atoms with Crippen LogP contribution in [-0.2, 0) is 10.8 Å². The summed E-state index contributed by atoms with van der Waals surface area (Å²) >= 11 is 0. The van der Waals surface area contributed by atoms with Crippen LogP contribution in [-0.4, -0.2) is 22.3 Å². The molecule has 0 aliphatic heterocycles. The highest BCUT2D eigenvalue weighted by atomic mass is 32.2. The highest BCUT2D eigenvalue weighted by Crippen LogP contribution is 2.41. The lowest BCUT2D eigenvalue weighted by atomic mass is 10.0. The normalized spacial score (nSPS) is 20.3. The molecule has 0 amide bonds. The van der Waals surface area contributed by atoms with E-state index in [4.69, 9.17) is 0 Å². The molecule has 0 saturated heterocycles. The fourth-order valence-electron chi connectivity index (χ4n) is 2.33. The van der Waals surface area contributed by atoms with E-state index in [0.717, 1.165) is 18.1 Å². The van der Waals surface area contributed by atoms with E-state index < -0.39 is 10.8 Å². The molecule has 1 aromatic carbocycles. The van der Waals surface area contributed by atoms with E-state index in [1.54, 1.807) is 6.26 Å². The number of benzene rings is 1. The molecular formula is C15H23NOS. The van der Waals surface area contributed by atoms with Gasteiger partial charge in [0, 0.05) is 34.9 Å². The maximum Gasteiger partial charge on any atom is 0.0350 e. The molecule has 2 rings (SSSR count). The molecule has 1 saturated carbocycles. The molecule has 3 atom stereocenters. The molecule has 100 valence electrons. The zero-order valence-electron chi connectivity index (χ0n) is 11.3. The second-order valence-corrected chi connectivity index (χ2v) is 6.91. The van der Waals surface area contributed by atoms with Crippen molar-refractivity contribution in [2.75, 3.05) is 12.0 Å². The molecule has 0 aromatic heterocycles. The lowest BCUT2D eigenvalue weighted by molar-refractivity contribution is 0.413. The predicted octanol–water partition coefficient (Wildman–Crippen LogP) is 2.88. The van der Waals surface area contributed by atoms with Gasteiger partial charge in [0.1, 0.15) is 0 Å². The summed E-state index contributed by atoms with van der Waals surface area (Å²) < 4.78 is 11.1. The second kappa shape index (κ2) is 6.48. The summed E-state index contributed by atoms with van der Waals surface area (Å²) in [6.07, 6.45) is 5.43. The van der Waals surface area contributed by atoms with E-state index in [9.17, 15) is 4.21 Å². The number of hydrogen-bond donors (Lipinski definition) is 1. The van der Waals surface area contributed by atoms with Gasteiger partial charge < -0.3 is 5.32 Å². The van der Waals surface area contributed by atoms with E-state index in [1.165, 1.54) is 18.4 Å². The quantitative estimate of drug-likeness (QED) is 0.821. The number of nitrogens with one attached hydrogen (secondary N) is 1. The third-order valence-corrected chi connectivity index (χ3v) is 4.37. The molecule has 18 heavy (non-hydrogen) atoms. The van der Waals surface area contributed by atoms with Crippen molar-refractivity contribution in [3.8, 4) is 0 Å². The SMILES string of the molecule is CC(CCS(C)=O)NC(c1ccccc1)C1CC1. The minimum atomic E-state index is -0.681. The Morgan fingerprint density at radius 3 is 2.56 bits per heavy atom. The van der Waals surface area contributed by atoms with Crippen LogP contribution in [0, 0.1) is 5.92 Å². The van der Waals surface area contributed by atoms with Gasteiger partial charge >= 0.3 is 0 Å². The molecule has 0 radical (unpaired) electrons. The van der Waals surface area contributed by atoms with Crippen molar-refractivity contribution in [2.45, 2.75) is 38.3 Å². The van der Waals surface area contributed by atoms with Crippen molar-refractivity contribution >= 4 is 10.8 Å². The molecule has 3 unspecified atom stereocenters. The lowest BCUT2D eigenvalue weighted by Crippen LogP contribution is -2.32. The fraction of sp³-hybridized carbons (Fsp3) is 0.600. The van der Waals surface area contributed by atoms with Gasteiger partial charge in [0.25, 0.3) is 0 Å². The Morgan fingerprint density at radius 1 is 1.33 bits per heavy atom. The highest BCUT2D eigenvalue weighted by Gasteiger charge is 2.32. The summed E-state index contributed by atoms with van der Waals surface area (Å²) in [6.45, 7) is 2.20. The summed E-state index contributed by atoms with van der Waals surface area (Å²) in [4.78, 5) is 0. The van der Waals surface area contributed by atoms with E-state index in [2.05, 4.69) is 42.6 Å². The van der Waals surface area contributed by atoms with Crippen molar-refractivity contribution < 1.29 is 4.21 Å². The first-order valence-electron chi connectivity index (χ1n) is 6.78. The van der Waals surface area contributed by atoms with Crippen molar-refractivity contribution in [1.82, 2.24) is 5.32 Å². The number of hydrogen-bond acceptors (Lipinski definition) is 2. The molecule has 1 fully saturated rings. The topological polar surface area (TPSA) is 29.1 Å². The highest BCUT2D eigenvalue weighted by molar-refractivity contribution is 7.84. The average Bonchev–Trinajstić information content (AvgIpc) is 3.19. The first kappa shape index (κ1) is 13.8. The predicted molar refractivity (Wildman–Crippen MR) is 78.1 cm³/mol. The number of rotatable bonds is 7. The Bertz CT molecular complexity index is 389. The van der Waals surface area contributed by atoms with Crippen molar-refractivity contribution in [3.63, 3.8) is 0 Å². The van der Waals surface area contributed by atoms with E-state index >= 15 is 0 Å². The molecule has 0 spiro atoms. The summed E-state index contributed by atoms with van der Waals surface area (Å²) in [6, 6.07) is 11.6. The minimum absolute atomic E-state index is 0.430. The third kappa shape index (κ3) is 4.21. The molecule has 1 aliphatic carbocycles. The van der Waals surface area contributed by atoms with E-state index in [0.29, 0.717) is 12.1 Å². The van der Waals surface area contributed by atoms with E-state index in [-0.39, 0.29) is 0 Å². The van der Waals surface area contributed by atoms with Gasteiger partial charge in [-0.2, -0.15) is 0 Å². The third-order valence-electron chi connectivity index (χ3n) is 3.55. The molecule has 2 nitrogen and oxygen atoms in total. The fourth-order valence-corrected chi connectivity index (χ4v) is 3.01. The van der Waals surface area contributed by atoms with Gasteiger partial charge in [-0.3, -0.25) is 4.21 Å². The van der Waals surface area contributed by atoms with Gasteiger partial charge in [0.2, 0.25) is 0 Å². The second-order valence-electron chi connectivity index (χ2n) is 5.36. The van der Waals surface area contributed by atoms with Crippen LogP contribution in [0.4, 0.5) is 0 Å². The van der Waals surface area contributed by atoms with Crippen LogP contribution < -0.4 is 5.32 Å². The molecule has 1 N–H and O–H groups in total. The molecular weight excluding hydrogens is 242 g/mol. The first-order chi connectivity index (χ1) is 8.66. The van der Waals surface area contributed by atoms with Crippen LogP contribution in [0.5, 0.6) is 0 Å². The largest absolute Gasteiger partial charge is 0.307 e. The Labute approximate surface area is 113 Å². The Kier molecular flexibility index (Phi) is 4.95. The van der Waals surface area contributed by atoms with Crippen molar-refractivity contribution in [1.29, 1.82) is 0 Å². The zero-order valence-corrected chi connectivity index (χ0v) is 12.1. The Balaban J connectivity index is 1.93. The summed E-state index contributed by atoms with van der Waals surface area (Å²) in [5.41, 5.74) is 1.39. The smallest absolute Gasteiger partial charge is 0.0350 e. The van der Waals surface area contributed by atoms with Gasteiger partial charge in [-0.05, 0) is 37.7 Å². The summed E-state index contributed by atoms with van der Waals surface area (Å²) in [5.74, 6) is 1.59. The van der Waals surface area contributed by atoms with Gasteiger partial charge in [-0.25, -0.2) is 0 Å². The van der Waals surface area contributed by atoms with Crippen LogP contribution in [0.25, 0.3) is 0 Å². The first-order valence-corrected chi connectivity index (χ1v) is 8.50. The van der Waals surface area contributed by atoms with Crippen LogP contribution in [0.2, 0.25) is 0 Å².